The van der Waals surface area contributed by atoms with E-state index in [9.17, 15) is 13.2 Å². The van der Waals surface area contributed by atoms with Crippen molar-refractivity contribution in [2.75, 3.05) is 18.5 Å². The average molecular weight is 332 g/mol. The zero-order valence-corrected chi connectivity index (χ0v) is 13.0. The number of halogens is 3. The highest BCUT2D eigenvalue weighted by atomic mass is 19.4. The summed E-state index contributed by atoms with van der Waals surface area (Å²) < 4.78 is 39.2. The molecule has 3 aromatic rings. The van der Waals surface area contributed by atoms with Crippen LogP contribution in [0.3, 0.4) is 0 Å². The number of benzene rings is 1. The van der Waals surface area contributed by atoms with Crippen LogP contribution in [-0.4, -0.2) is 28.5 Å². The Labute approximate surface area is 137 Å². The second-order valence-corrected chi connectivity index (χ2v) is 5.41. The Kier molecular flexibility index (Phi) is 4.33. The number of fused-ring (bicyclic) bond motifs is 1. The van der Waals surface area contributed by atoms with Crippen molar-refractivity contribution in [3.63, 3.8) is 0 Å². The van der Waals surface area contributed by atoms with Gasteiger partial charge in [-0.25, -0.2) is 9.97 Å². The first-order chi connectivity index (χ1) is 11.4. The fraction of sp³-hybridized carbons (Fsp3) is 0.235. The zero-order chi connectivity index (χ0) is 17.2. The summed E-state index contributed by atoms with van der Waals surface area (Å²) in [4.78, 5) is 13.1. The largest absolute Gasteiger partial charge is 0.451 e. The molecule has 0 spiro atoms. The third-order valence-corrected chi connectivity index (χ3v) is 3.68. The lowest BCUT2D eigenvalue weighted by Crippen LogP contribution is -2.24. The van der Waals surface area contributed by atoms with Gasteiger partial charge < -0.3 is 4.90 Å². The fourth-order valence-electron chi connectivity index (χ4n) is 2.43. The van der Waals surface area contributed by atoms with E-state index in [-0.39, 0.29) is 11.3 Å². The first kappa shape index (κ1) is 16.2. The van der Waals surface area contributed by atoms with E-state index in [0.29, 0.717) is 18.4 Å². The van der Waals surface area contributed by atoms with Crippen molar-refractivity contribution in [3.05, 3.63) is 60.2 Å². The molecule has 0 N–H and O–H groups in total. The summed E-state index contributed by atoms with van der Waals surface area (Å²) in [7, 11) is 1.73. The monoisotopic (exact) mass is 332 g/mol. The normalized spacial score (nSPS) is 11.7. The predicted octanol–water partition coefficient (Wildman–Crippen LogP) is 3.72. The molecule has 0 fully saturated rings. The number of para-hydroxylation sites is 1. The van der Waals surface area contributed by atoms with Crippen molar-refractivity contribution in [1.29, 1.82) is 0 Å². The predicted molar refractivity (Wildman–Crippen MR) is 85.8 cm³/mol. The molecular formula is C17H15F3N4. The van der Waals surface area contributed by atoms with Crippen molar-refractivity contribution in [2.45, 2.75) is 12.6 Å². The first-order valence-corrected chi connectivity index (χ1v) is 7.39. The lowest BCUT2D eigenvalue weighted by molar-refractivity contribution is -0.144. The Morgan fingerprint density at radius 3 is 2.42 bits per heavy atom. The van der Waals surface area contributed by atoms with Gasteiger partial charge in [0.25, 0.3) is 0 Å². The summed E-state index contributed by atoms with van der Waals surface area (Å²) in [6.07, 6.45) is -0.516. The minimum atomic E-state index is -4.58. The third kappa shape index (κ3) is 3.45. The van der Waals surface area contributed by atoms with E-state index >= 15 is 0 Å². The molecule has 7 heteroatoms. The Bertz CT molecular complexity index is 834. The van der Waals surface area contributed by atoms with Crippen LogP contribution in [0.15, 0.2) is 48.8 Å². The molecule has 4 nitrogen and oxygen atoms in total. The van der Waals surface area contributed by atoms with E-state index in [1.807, 2.05) is 12.1 Å². The maximum atomic E-state index is 13.1. The van der Waals surface area contributed by atoms with Crippen LogP contribution in [-0.2, 0) is 12.6 Å². The quantitative estimate of drug-likeness (QED) is 0.730. The van der Waals surface area contributed by atoms with E-state index in [4.69, 9.17) is 0 Å². The number of pyridine rings is 1. The van der Waals surface area contributed by atoms with Crippen LogP contribution in [0.5, 0.6) is 0 Å². The molecule has 0 aliphatic rings. The topological polar surface area (TPSA) is 41.9 Å². The lowest BCUT2D eigenvalue weighted by Gasteiger charge is -2.21. The van der Waals surface area contributed by atoms with E-state index in [2.05, 4.69) is 15.0 Å². The Balaban J connectivity index is 1.94. The van der Waals surface area contributed by atoms with E-state index in [1.165, 1.54) is 0 Å². The van der Waals surface area contributed by atoms with Crippen molar-refractivity contribution in [3.8, 4) is 0 Å². The van der Waals surface area contributed by atoms with Crippen molar-refractivity contribution in [1.82, 2.24) is 15.0 Å². The van der Waals surface area contributed by atoms with Gasteiger partial charge in [-0.1, -0.05) is 12.1 Å². The van der Waals surface area contributed by atoms with Crippen LogP contribution in [0.4, 0.5) is 19.0 Å². The van der Waals surface area contributed by atoms with Gasteiger partial charge >= 0.3 is 6.18 Å². The minimum absolute atomic E-state index is 0.280. The molecule has 0 saturated heterocycles. The Morgan fingerprint density at radius 1 is 1.00 bits per heavy atom. The van der Waals surface area contributed by atoms with Gasteiger partial charge in [0.2, 0.25) is 5.82 Å². The van der Waals surface area contributed by atoms with Gasteiger partial charge in [-0.3, -0.25) is 4.98 Å². The van der Waals surface area contributed by atoms with Gasteiger partial charge in [0.05, 0.1) is 5.52 Å². The number of hydrogen-bond donors (Lipinski definition) is 0. The van der Waals surface area contributed by atoms with Gasteiger partial charge in [0.1, 0.15) is 5.82 Å². The molecule has 124 valence electrons. The van der Waals surface area contributed by atoms with E-state index in [0.717, 1.165) is 5.56 Å². The molecule has 2 aromatic heterocycles. The smallest absolute Gasteiger partial charge is 0.359 e. The molecule has 0 bridgehead atoms. The van der Waals surface area contributed by atoms with Crippen LogP contribution in [0.1, 0.15) is 11.4 Å². The molecule has 2 heterocycles. The van der Waals surface area contributed by atoms with Crippen LogP contribution in [0, 0.1) is 0 Å². The van der Waals surface area contributed by atoms with E-state index in [1.54, 1.807) is 48.6 Å². The molecule has 24 heavy (non-hydrogen) atoms. The summed E-state index contributed by atoms with van der Waals surface area (Å²) in [5.41, 5.74) is 1.34. The maximum Gasteiger partial charge on any atom is 0.451 e. The van der Waals surface area contributed by atoms with Gasteiger partial charge in [-0.2, -0.15) is 13.2 Å². The molecule has 0 aliphatic carbocycles. The first-order valence-electron chi connectivity index (χ1n) is 7.39. The lowest BCUT2D eigenvalue weighted by atomic mass is 10.2. The SMILES string of the molecule is CN(CCc1ccncc1)c1nc(C(F)(F)F)nc2ccccc12. The molecule has 0 saturated carbocycles. The number of nitrogens with zero attached hydrogens (tertiary/aromatic N) is 4. The second kappa shape index (κ2) is 6.43. The summed E-state index contributed by atoms with van der Waals surface area (Å²) in [6, 6.07) is 10.5. The molecule has 0 aliphatic heterocycles. The number of hydrogen-bond acceptors (Lipinski definition) is 4. The number of alkyl halides is 3. The van der Waals surface area contributed by atoms with Gasteiger partial charge in [0.15, 0.2) is 0 Å². The molecule has 0 atom stereocenters. The summed E-state index contributed by atoms with van der Waals surface area (Å²) >= 11 is 0. The Morgan fingerprint density at radius 2 is 1.71 bits per heavy atom. The van der Waals surface area contributed by atoms with Crippen LogP contribution < -0.4 is 4.90 Å². The fourth-order valence-corrected chi connectivity index (χ4v) is 2.43. The highest BCUT2D eigenvalue weighted by Gasteiger charge is 2.35. The summed E-state index contributed by atoms with van der Waals surface area (Å²) in [5, 5.41) is 0.600. The summed E-state index contributed by atoms with van der Waals surface area (Å²) in [5.74, 6) is -0.839. The number of rotatable bonds is 4. The van der Waals surface area contributed by atoms with Crippen molar-refractivity contribution < 1.29 is 13.2 Å². The van der Waals surface area contributed by atoms with Gasteiger partial charge in [-0.05, 0) is 36.2 Å². The number of anilines is 1. The van der Waals surface area contributed by atoms with Crippen LogP contribution in [0.2, 0.25) is 0 Å². The molecule has 0 amide bonds. The van der Waals surface area contributed by atoms with Crippen molar-refractivity contribution in [2.24, 2.45) is 0 Å². The number of likely N-dealkylation sites (N-methyl/N-ethyl adjacent to an activating group) is 1. The third-order valence-electron chi connectivity index (χ3n) is 3.68. The van der Waals surface area contributed by atoms with E-state index < -0.39 is 12.0 Å². The summed E-state index contributed by atoms with van der Waals surface area (Å²) in [6.45, 7) is 0.530. The maximum absolute atomic E-state index is 13.1. The zero-order valence-electron chi connectivity index (χ0n) is 13.0. The molecule has 0 radical (unpaired) electrons. The highest BCUT2D eigenvalue weighted by molar-refractivity contribution is 5.89. The number of aromatic nitrogens is 3. The molecular weight excluding hydrogens is 317 g/mol. The molecule has 1 aromatic carbocycles. The van der Waals surface area contributed by atoms with Crippen molar-refractivity contribution >= 4 is 16.7 Å². The Hall–Kier alpha value is -2.70. The van der Waals surface area contributed by atoms with Crippen LogP contribution >= 0.6 is 0 Å². The van der Waals surface area contributed by atoms with Gasteiger partial charge in [-0.15, -0.1) is 0 Å². The standard InChI is InChI=1S/C17H15F3N4/c1-24(11-8-12-6-9-21-10-7-12)15-13-4-2-3-5-14(13)22-16(23-15)17(18,19)20/h2-7,9-10H,8,11H2,1H3. The minimum Gasteiger partial charge on any atom is -0.359 e. The van der Waals surface area contributed by atoms with Crippen LogP contribution in [0.25, 0.3) is 10.9 Å². The highest BCUT2D eigenvalue weighted by Crippen LogP contribution is 2.31. The second-order valence-electron chi connectivity index (χ2n) is 5.41. The molecule has 0 unspecified atom stereocenters. The molecule has 3 rings (SSSR count). The van der Waals surface area contributed by atoms with Gasteiger partial charge in [0, 0.05) is 31.4 Å². The average Bonchev–Trinajstić information content (AvgIpc) is 2.59.